The van der Waals surface area contributed by atoms with Crippen LogP contribution in [0, 0.1) is 5.82 Å². The van der Waals surface area contributed by atoms with Crippen LogP contribution in [0.5, 0.6) is 5.75 Å². The number of hydrogen-bond acceptors (Lipinski definition) is 4. The van der Waals surface area contributed by atoms with E-state index in [4.69, 9.17) is 9.47 Å². The molecule has 3 rings (SSSR count). The van der Waals surface area contributed by atoms with E-state index in [2.05, 4.69) is 0 Å². The Morgan fingerprint density at radius 2 is 1.88 bits per heavy atom. The van der Waals surface area contributed by atoms with E-state index in [0.717, 1.165) is 11.3 Å². The normalized spacial score (nSPS) is 14.7. The first-order valence-electron chi connectivity index (χ1n) is 8.16. The standard InChI is InChI=1S/C20H20FNO3/c1-24-17-6-2-15(3-7-17)4-9-20(23)16-5-8-19(18(21)14-16)22-10-12-25-13-11-22/h2-9,14H,10-13H2,1H3/b9-4+. The van der Waals surface area contributed by atoms with Crippen LogP contribution in [0.25, 0.3) is 6.08 Å². The van der Waals surface area contributed by atoms with Crippen molar-refractivity contribution in [3.63, 3.8) is 0 Å². The number of morpholine rings is 1. The van der Waals surface area contributed by atoms with Crippen LogP contribution in [-0.2, 0) is 4.74 Å². The van der Waals surface area contributed by atoms with Crippen LogP contribution < -0.4 is 9.64 Å². The van der Waals surface area contributed by atoms with Gasteiger partial charge in [0, 0.05) is 18.7 Å². The van der Waals surface area contributed by atoms with Gasteiger partial charge in [-0.15, -0.1) is 0 Å². The van der Waals surface area contributed by atoms with Gasteiger partial charge in [0.05, 0.1) is 26.0 Å². The molecular weight excluding hydrogens is 321 g/mol. The van der Waals surface area contributed by atoms with E-state index in [1.165, 1.54) is 12.1 Å². The first-order valence-corrected chi connectivity index (χ1v) is 8.16. The molecule has 2 aromatic carbocycles. The van der Waals surface area contributed by atoms with Crippen molar-refractivity contribution in [2.45, 2.75) is 0 Å². The number of benzene rings is 2. The molecule has 1 aliphatic heterocycles. The van der Waals surface area contributed by atoms with Crippen molar-refractivity contribution in [2.24, 2.45) is 0 Å². The topological polar surface area (TPSA) is 38.8 Å². The molecule has 0 atom stereocenters. The third kappa shape index (κ3) is 4.25. The Balaban J connectivity index is 1.71. The molecule has 1 fully saturated rings. The van der Waals surface area contributed by atoms with E-state index in [9.17, 15) is 9.18 Å². The number of anilines is 1. The van der Waals surface area contributed by atoms with Gasteiger partial charge in [0.15, 0.2) is 5.78 Å². The molecule has 0 radical (unpaired) electrons. The summed E-state index contributed by atoms with van der Waals surface area (Å²) in [7, 11) is 1.60. The number of carbonyl (C=O) groups is 1. The van der Waals surface area contributed by atoms with Gasteiger partial charge in [-0.2, -0.15) is 0 Å². The van der Waals surface area contributed by atoms with Gasteiger partial charge in [0.2, 0.25) is 0 Å². The van der Waals surface area contributed by atoms with Crippen molar-refractivity contribution < 1.29 is 18.7 Å². The molecule has 4 nitrogen and oxygen atoms in total. The number of methoxy groups -OCH3 is 1. The van der Waals surface area contributed by atoms with Gasteiger partial charge >= 0.3 is 0 Å². The molecule has 25 heavy (non-hydrogen) atoms. The molecule has 1 saturated heterocycles. The molecule has 0 spiro atoms. The van der Waals surface area contributed by atoms with E-state index in [-0.39, 0.29) is 11.6 Å². The van der Waals surface area contributed by atoms with Crippen LogP contribution in [0.4, 0.5) is 10.1 Å². The molecule has 0 aromatic heterocycles. The molecule has 0 bridgehead atoms. The highest BCUT2D eigenvalue weighted by Gasteiger charge is 2.16. The summed E-state index contributed by atoms with van der Waals surface area (Å²) in [5, 5.41) is 0. The van der Waals surface area contributed by atoms with Crippen LogP contribution in [0.3, 0.4) is 0 Å². The molecule has 5 heteroatoms. The second-order valence-electron chi connectivity index (χ2n) is 5.74. The number of allylic oxidation sites excluding steroid dienone is 1. The molecule has 2 aromatic rings. The predicted molar refractivity (Wildman–Crippen MR) is 95.8 cm³/mol. The van der Waals surface area contributed by atoms with Gasteiger partial charge in [-0.3, -0.25) is 4.79 Å². The molecule has 0 unspecified atom stereocenters. The summed E-state index contributed by atoms with van der Waals surface area (Å²) in [6, 6.07) is 12.0. The summed E-state index contributed by atoms with van der Waals surface area (Å²) in [6.07, 6.45) is 3.15. The fourth-order valence-corrected chi connectivity index (χ4v) is 2.70. The summed E-state index contributed by atoms with van der Waals surface area (Å²) < 4.78 is 24.7. The molecule has 0 N–H and O–H groups in total. The maximum Gasteiger partial charge on any atom is 0.185 e. The smallest absolute Gasteiger partial charge is 0.185 e. The lowest BCUT2D eigenvalue weighted by molar-refractivity contribution is 0.104. The Hall–Kier alpha value is -2.66. The molecule has 0 amide bonds. The van der Waals surface area contributed by atoms with Crippen LogP contribution >= 0.6 is 0 Å². The van der Waals surface area contributed by atoms with Gasteiger partial charge < -0.3 is 14.4 Å². The summed E-state index contributed by atoms with van der Waals surface area (Å²) in [5.41, 5.74) is 1.72. The van der Waals surface area contributed by atoms with E-state index >= 15 is 0 Å². The Labute approximate surface area is 146 Å². The van der Waals surface area contributed by atoms with Crippen molar-refractivity contribution in [2.75, 3.05) is 38.3 Å². The molecule has 1 heterocycles. The maximum atomic E-state index is 14.4. The number of hydrogen-bond donors (Lipinski definition) is 0. The minimum Gasteiger partial charge on any atom is -0.497 e. The third-order valence-electron chi connectivity index (χ3n) is 4.13. The molecular formula is C20H20FNO3. The Kier molecular flexibility index (Phi) is 5.46. The lowest BCUT2D eigenvalue weighted by Crippen LogP contribution is -2.36. The lowest BCUT2D eigenvalue weighted by atomic mass is 10.1. The largest absolute Gasteiger partial charge is 0.497 e. The molecule has 0 aliphatic carbocycles. The number of rotatable bonds is 5. The van der Waals surface area contributed by atoms with Gasteiger partial charge in [0.25, 0.3) is 0 Å². The zero-order valence-corrected chi connectivity index (χ0v) is 14.1. The Morgan fingerprint density at radius 1 is 1.16 bits per heavy atom. The lowest BCUT2D eigenvalue weighted by Gasteiger charge is -2.29. The van der Waals surface area contributed by atoms with E-state index in [0.29, 0.717) is 37.6 Å². The van der Waals surface area contributed by atoms with Crippen LogP contribution in [0.2, 0.25) is 0 Å². The first kappa shape index (κ1) is 17.2. The van der Waals surface area contributed by atoms with Crippen molar-refractivity contribution >= 4 is 17.5 Å². The highest BCUT2D eigenvalue weighted by molar-refractivity contribution is 6.07. The SMILES string of the molecule is COc1ccc(/C=C/C(=O)c2ccc(N3CCOCC3)c(F)c2)cc1. The second kappa shape index (κ2) is 7.94. The highest BCUT2D eigenvalue weighted by Crippen LogP contribution is 2.22. The van der Waals surface area contributed by atoms with Crippen molar-refractivity contribution in [1.82, 2.24) is 0 Å². The average Bonchev–Trinajstić information content (AvgIpc) is 2.67. The predicted octanol–water partition coefficient (Wildman–Crippen LogP) is 3.57. The Bertz CT molecular complexity index is 765. The van der Waals surface area contributed by atoms with Gasteiger partial charge in [-0.1, -0.05) is 18.2 Å². The number of ether oxygens (including phenoxy) is 2. The number of nitrogens with zero attached hydrogens (tertiary/aromatic N) is 1. The van der Waals surface area contributed by atoms with Crippen molar-refractivity contribution in [1.29, 1.82) is 0 Å². The minimum atomic E-state index is -0.384. The van der Waals surface area contributed by atoms with Gasteiger partial charge in [0.1, 0.15) is 11.6 Å². The fraction of sp³-hybridized carbons (Fsp3) is 0.250. The zero-order chi connectivity index (χ0) is 17.6. The molecule has 130 valence electrons. The van der Waals surface area contributed by atoms with Crippen molar-refractivity contribution in [3.05, 3.63) is 65.5 Å². The number of halogens is 1. The molecule has 1 aliphatic rings. The third-order valence-corrected chi connectivity index (χ3v) is 4.13. The van der Waals surface area contributed by atoms with Crippen LogP contribution in [-0.4, -0.2) is 39.2 Å². The van der Waals surface area contributed by atoms with E-state index in [1.54, 1.807) is 25.3 Å². The summed E-state index contributed by atoms with van der Waals surface area (Å²) in [6.45, 7) is 2.48. The quantitative estimate of drug-likeness (QED) is 0.616. The van der Waals surface area contributed by atoms with E-state index < -0.39 is 0 Å². The molecule has 0 saturated carbocycles. The Morgan fingerprint density at radius 3 is 2.52 bits per heavy atom. The van der Waals surface area contributed by atoms with Crippen molar-refractivity contribution in [3.8, 4) is 5.75 Å². The fourth-order valence-electron chi connectivity index (χ4n) is 2.70. The van der Waals surface area contributed by atoms with E-state index in [1.807, 2.05) is 29.2 Å². The van der Waals surface area contributed by atoms with Crippen LogP contribution in [0.15, 0.2) is 48.5 Å². The summed E-state index contributed by atoms with van der Waals surface area (Å²) >= 11 is 0. The van der Waals surface area contributed by atoms with Gasteiger partial charge in [-0.25, -0.2) is 4.39 Å². The first-order chi connectivity index (χ1) is 12.2. The monoisotopic (exact) mass is 341 g/mol. The highest BCUT2D eigenvalue weighted by atomic mass is 19.1. The average molecular weight is 341 g/mol. The maximum absolute atomic E-state index is 14.4. The number of carbonyl (C=O) groups excluding carboxylic acids is 1. The zero-order valence-electron chi connectivity index (χ0n) is 14.1. The van der Waals surface area contributed by atoms with Crippen LogP contribution in [0.1, 0.15) is 15.9 Å². The summed E-state index contributed by atoms with van der Waals surface area (Å²) in [5.74, 6) is 0.137. The second-order valence-corrected chi connectivity index (χ2v) is 5.74. The number of ketones is 1. The summed E-state index contributed by atoms with van der Waals surface area (Å²) in [4.78, 5) is 14.2. The minimum absolute atomic E-state index is 0.233. The van der Waals surface area contributed by atoms with Gasteiger partial charge in [-0.05, 0) is 42.0 Å².